The summed E-state index contributed by atoms with van der Waals surface area (Å²) in [6, 6.07) is 5.97. The average molecular weight is 172 g/mol. The number of furan rings is 1. The largest absolute Gasteiger partial charge is 0.489 e. The Hall–Kier alpha value is -1.70. The predicted octanol–water partition coefficient (Wildman–Crippen LogP) is 2.84. The van der Waals surface area contributed by atoms with Gasteiger partial charge in [-0.1, -0.05) is 6.08 Å². The van der Waals surface area contributed by atoms with E-state index in [9.17, 15) is 0 Å². The first-order chi connectivity index (χ1) is 6.43. The van der Waals surface area contributed by atoms with Gasteiger partial charge in [0.25, 0.3) is 0 Å². The van der Waals surface area contributed by atoms with Gasteiger partial charge in [0.05, 0.1) is 6.26 Å². The molecule has 1 aliphatic rings. The Balaban J connectivity index is 2.36. The number of ether oxygens (including phenoxy) is 1. The van der Waals surface area contributed by atoms with E-state index in [4.69, 9.17) is 9.15 Å². The van der Waals surface area contributed by atoms with Crippen LogP contribution in [0.5, 0.6) is 5.75 Å². The number of benzene rings is 1. The molecule has 2 heteroatoms. The van der Waals surface area contributed by atoms with Crippen LogP contribution in [-0.4, -0.2) is 6.61 Å². The molecule has 0 spiro atoms. The predicted molar refractivity (Wildman–Crippen MR) is 50.7 cm³/mol. The molecule has 64 valence electrons. The van der Waals surface area contributed by atoms with E-state index >= 15 is 0 Å². The minimum Gasteiger partial charge on any atom is -0.489 e. The number of hydrogen-bond acceptors (Lipinski definition) is 2. The van der Waals surface area contributed by atoms with Crippen LogP contribution in [0, 0.1) is 0 Å². The molecule has 0 aliphatic carbocycles. The maximum atomic E-state index is 5.45. The Morgan fingerprint density at radius 3 is 3.23 bits per heavy atom. The summed E-state index contributed by atoms with van der Waals surface area (Å²) in [5, 5.41) is 1.12. The van der Waals surface area contributed by atoms with Crippen LogP contribution in [0.1, 0.15) is 5.56 Å². The minimum absolute atomic E-state index is 0.652. The SMILES string of the molecule is C1=Cc2cc3ccoc3cc2OC1. The summed E-state index contributed by atoms with van der Waals surface area (Å²) in [5.41, 5.74) is 2.01. The first kappa shape index (κ1) is 6.78. The normalized spacial score (nSPS) is 14.2. The maximum Gasteiger partial charge on any atom is 0.137 e. The van der Waals surface area contributed by atoms with E-state index in [1.165, 1.54) is 0 Å². The second-order valence-corrected chi connectivity index (χ2v) is 3.06. The van der Waals surface area contributed by atoms with E-state index in [2.05, 4.69) is 12.1 Å². The van der Waals surface area contributed by atoms with Crippen molar-refractivity contribution in [2.75, 3.05) is 6.61 Å². The molecule has 0 saturated heterocycles. The lowest BCUT2D eigenvalue weighted by molar-refractivity contribution is 0.358. The minimum atomic E-state index is 0.652. The molecule has 0 unspecified atom stereocenters. The lowest BCUT2D eigenvalue weighted by Crippen LogP contribution is -1.99. The van der Waals surface area contributed by atoms with E-state index in [0.29, 0.717) is 6.61 Å². The Kier molecular flexibility index (Phi) is 1.25. The number of rotatable bonds is 0. The highest BCUT2D eigenvalue weighted by molar-refractivity contribution is 5.83. The third-order valence-corrected chi connectivity index (χ3v) is 2.22. The van der Waals surface area contributed by atoms with Gasteiger partial charge in [-0.25, -0.2) is 0 Å². The highest BCUT2D eigenvalue weighted by Crippen LogP contribution is 2.29. The molecule has 1 aromatic heterocycles. The monoisotopic (exact) mass is 172 g/mol. The van der Waals surface area contributed by atoms with Gasteiger partial charge in [-0.15, -0.1) is 0 Å². The molecule has 0 radical (unpaired) electrons. The zero-order valence-corrected chi connectivity index (χ0v) is 6.99. The molecule has 3 rings (SSSR count). The van der Waals surface area contributed by atoms with Gasteiger partial charge in [-0.05, 0) is 18.2 Å². The van der Waals surface area contributed by atoms with Crippen LogP contribution in [0.3, 0.4) is 0 Å². The summed E-state index contributed by atoms with van der Waals surface area (Å²) in [5.74, 6) is 0.907. The lowest BCUT2D eigenvalue weighted by atomic mass is 10.1. The first-order valence-electron chi connectivity index (χ1n) is 4.24. The fourth-order valence-corrected chi connectivity index (χ4v) is 1.58. The molecule has 0 saturated carbocycles. The van der Waals surface area contributed by atoms with Crippen molar-refractivity contribution < 1.29 is 9.15 Å². The summed E-state index contributed by atoms with van der Waals surface area (Å²) in [6.07, 6.45) is 5.78. The van der Waals surface area contributed by atoms with Gasteiger partial charge in [0.1, 0.15) is 17.9 Å². The highest BCUT2D eigenvalue weighted by Gasteiger charge is 2.08. The zero-order valence-electron chi connectivity index (χ0n) is 6.99. The maximum absolute atomic E-state index is 5.45. The Morgan fingerprint density at radius 2 is 2.23 bits per heavy atom. The number of fused-ring (bicyclic) bond motifs is 2. The van der Waals surface area contributed by atoms with Gasteiger partial charge in [0.2, 0.25) is 0 Å². The average Bonchev–Trinajstić information content (AvgIpc) is 2.61. The molecule has 2 nitrogen and oxygen atoms in total. The third-order valence-electron chi connectivity index (χ3n) is 2.22. The van der Waals surface area contributed by atoms with Crippen LogP contribution < -0.4 is 4.74 Å². The first-order valence-corrected chi connectivity index (χ1v) is 4.24. The summed E-state index contributed by atoms with van der Waals surface area (Å²) < 4.78 is 10.7. The van der Waals surface area contributed by atoms with E-state index in [0.717, 1.165) is 22.3 Å². The third kappa shape index (κ3) is 0.952. The molecule has 1 aliphatic heterocycles. The second kappa shape index (κ2) is 2.39. The molecule has 0 bridgehead atoms. The van der Waals surface area contributed by atoms with Crippen molar-refractivity contribution in [2.24, 2.45) is 0 Å². The van der Waals surface area contributed by atoms with E-state index in [-0.39, 0.29) is 0 Å². The summed E-state index contributed by atoms with van der Waals surface area (Å²) >= 11 is 0. The molecule has 0 atom stereocenters. The van der Waals surface area contributed by atoms with Crippen molar-refractivity contribution in [1.82, 2.24) is 0 Å². The molecule has 0 N–H and O–H groups in total. The van der Waals surface area contributed by atoms with Crippen molar-refractivity contribution in [1.29, 1.82) is 0 Å². The highest BCUT2D eigenvalue weighted by atomic mass is 16.5. The van der Waals surface area contributed by atoms with Crippen LogP contribution in [0.15, 0.2) is 35.0 Å². The Morgan fingerprint density at radius 1 is 1.23 bits per heavy atom. The van der Waals surface area contributed by atoms with Gasteiger partial charge in [-0.2, -0.15) is 0 Å². The Labute approximate surface area is 75.4 Å². The molecule has 1 aromatic carbocycles. The quantitative estimate of drug-likeness (QED) is 0.609. The topological polar surface area (TPSA) is 22.4 Å². The van der Waals surface area contributed by atoms with Crippen molar-refractivity contribution in [2.45, 2.75) is 0 Å². The van der Waals surface area contributed by atoms with Gasteiger partial charge in [0, 0.05) is 17.0 Å². The zero-order chi connectivity index (χ0) is 8.67. The molecule has 2 heterocycles. The fraction of sp³-hybridized carbons (Fsp3) is 0.0909. The summed E-state index contributed by atoms with van der Waals surface area (Å²) in [4.78, 5) is 0. The van der Waals surface area contributed by atoms with Crippen LogP contribution in [0.2, 0.25) is 0 Å². The second-order valence-electron chi connectivity index (χ2n) is 3.06. The molecule has 0 fully saturated rings. The van der Waals surface area contributed by atoms with Gasteiger partial charge in [-0.3, -0.25) is 0 Å². The molecular formula is C11H8O2. The standard InChI is InChI=1S/C11H8O2/c1-2-8-6-9-3-5-13-11(9)7-10(8)12-4-1/h1-3,5-7H,4H2. The van der Waals surface area contributed by atoms with E-state index < -0.39 is 0 Å². The van der Waals surface area contributed by atoms with Crippen molar-refractivity contribution in [3.63, 3.8) is 0 Å². The van der Waals surface area contributed by atoms with E-state index in [1.54, 1.807) is 6.26 Å². The summed E-state index contributed by atoms with van der Waals surface area (Å²) in [6.45, 7) is 0.652. The molecule has 0 amide bonds. The van der Waals surface area contributed by atoms with Crippen LogP contribution in [0.25, 0.3) is 17.0 Å². The molecule has 13 heavy (non-hydrogen) atoms. The molecule has 2 aromatic rings. The smallest absolute Gasteiger partial charge is 0.137 e. The van der Waals surface area contributed by atoms with Crippen molar-refractivity contribution in [3.8, 4) is 5.75 Å². The summed E-state index contributed by atoms with van der Waals surface area (Å²) in [7, 11) is 0. The van der Waals surface area contributed by atoms with Crippen LogP contribution in [-0.2, 0) is 0 Å². The molecular weight excluding hydrogens is 164 g/mol. The van der Waals surface area contributed by atoms with E-state index in [1.807, 2.05) is 18.2 Å². The van der Waals surface area contributed by atoms with Crippen molar-refractivity contribution >= 4 is 17.0 Å². The van der Waals surface area contributed by atoms with Crippen molar-refractivity contribution in [3.05, 3.63) is 36.1 Å². The Bertz CT molecular complexity index is 480. The number of hydrogen-bond donors (Lipinski definition) is 0. The van der Waals surface area contributed by atoms with Crippen LogP contribution in [0.4, 0.5) is 0 Å². The van der Waals surface area contributed by atoms with Gasteiger partial charge >= 0.3 is 0 Å². The van der Waals surface area contributed by atoms with Crippen LogP contribution >= 0.6 is 0 Å². The fourth-order valence-electron chi connectivity index (χ4n) is 1.58. The van der Waals surface area contributed by atoms with Gasteiger partial charge < -0.3 is 9.15 Å². The van der Waals surface area contributed by atoms with Gasteiger partial charge in [0.15, 0.2) is 0 Å². The lowest BCUT2D eigenvalue weighted by Gasteiger charge is -2.11.